The molecule has 38 heavy (non-hydrogen) atoms. The van der Waals surface area contributed by atoms with E-state index in [0.29, 0.717) is 34.9 Å². The molecule has 1 saturated carbocycles. The van der Waals surface area contributed by atoms with Gasteiger partial charge in [0.25, 0.3) is 5.91 Å². The third kappa shape index (κ3) is 5.92. The lowest BCUT2D eigenvalue weighted by Gasteiger charge is -2.32. The van der Waals surface area contributed by atoms with E-state index in [4.69, 9.17) is 27.9 Å². The van der Waals surface area contributed by atoms with E-state index < -0.39 is 29.9 Å². The van der Waals surface area contributed by atoms with Crippen LogP contribution in [0.5, 0.6) is 5.75 Å². The zero-order valence-corrected chi connectivity index (χ0v) is 22.4. The highest BCUT2D eigenvalue weighted by Crippen LogP contribution is 2.45. The van der Waals surface area contributed by atoms with Crippen molar-refractivity contribution in [3.05, 3.63) is 62.9 Å². The Morgan fingerprint density at radius 3 is 2.39 bits per heavy atom. The minimum absolute atomic E-state index is 0.169. The highest BCUT2D eigenvalue weighted by atomic mass is 35.5. The smallest absolute Gasteiger partial charge is 0.326 e. The first kappa shape index (κ1) is 27.2. The number of carboxylic acid groups (broad SMARTS) is 1. The van der Waals surface area contributed by atoms with Crippen LogP contribution in [0.3, 0.4) is 0 Å². The minimum Gasteiger partial charge on any atom is -0.493 e. The Labute approximate surface area is 230 Å². The van der Waals surface area contributed by atoms with Crippen molar-refractivity contribution in [2.24, 2.45) is 5.92 Å². The molecule has 5 rings (SSSR count). The van der Waals surface area contributed by atoms with Crippen LogP contribution in [0.1, 0.15) is 59.5 Å². The molecule has 3 fully saturated rings. The maximum absolute atomic E-state index is 15.1. The Bertz CT molecular complexity index is 1200. The molecule has 10 heteroatoms. The van der Waals surface area contributed by atoms with Crippen molar-refractivity contribution in [3.63, 3.8) is 0 Å². The standard InChI is InChI=1S/C28H30Cl2F2N2O4/c29-22-2-1-3-23(30)21(22)14-33-8-6-16(7-9-33)15-38-26-12-24(32)20(11-19(26)17-4-5-17)27(35)34-13-18(31)10-25(34)28(36)37/h1-3,11-12,16-18,25H,4-10,13-15H2,(H,36,37). The number of carbonyl (C=O) groups is 2. The second kappa shape index (κ2) is 11.4. The first-order valence-corrected chi connectivity index (χ1v) is 13.8. The van der Waals surface area contributed by atoms with E-state index >= 15 is 4.39 Å². The summed E-state index contributed by atoms with van der Waals surface area (Å²) in [7, 11) is 0. The molecular formula is C28H30Cl2F2N2O4. The Balaban J connectivity index is 1.22. The molecule has 204 valence electrons. The maximum atomic E-state index is 15.1. The number of benzene rings is 2. The summed E-state index contributed by atoms with van der Waals surface area (Å²) in [5.41, 5.74) is 1.45. The van der Waals surface area contributed by atoms with Gasteiger partial charge < -0.3 is 14.7 Å². The number of likely N-dealkylation sites (tertiary alicyclic amines) is 2. The van der Waals surface area contributed by atoms with Crippen LogP contribution in [0.15, 0.2) is 30.3 Å². The lowest BCUT2D eigenvalue weighted by molar-refractivity contribution is -0.141. The van der Waals surface area contributed by atoms with Crippen molar-refractivity contribution in [1.29, 1.82) is 0 Å². The average Bonchev–Trinajstić information content (AvgIpc) is 3.65. The zero-order chi connectivity index (χ0) is 27.0. The Morgan fingerprint density at radius 1 is 1.08 bits per heavy atom. The van der Waals surface area contributed by atoms with E-state index in [1.54, 1.807) is 0 Å². The fourth-order valence-electron chi connectivity index (χ4n) is 5.40. The van der Waals surface area contributed by atoms with Gasteiger partial charge in [0, 0.05) is 34.6 Å². The fraction of sp³-hybridized carbons (Fsp3) is 0.500. The molecular weight excluding hydrogens is 537 g/mol. The molecule has 0 bridgehead atoms. The number of halogens is 4. The number of carboxylic acids is 1. The van der Waals surface area contributed by atoms with Gasteiger partial charge >= 0.3 is 5.97 Å². The Kier molecular flexibility index (Phi) is 8.12. The molecule has 1 aliphatic carbocycles. The third-order valence-corrected chi connectivity index (χ3v) is 8.48. The van der Waals surface area contributed by atoms with Crippen LogP contribution in [0.4, 0.5) is 8.78 Å². The van der Waals surface area contributed by atoms with Gasteiger partial charge in [0.2, 0.25) is 0 Å². The van der Waals surface area contributed by atoms with E-state index in [-0.39, 0.29) is 24.4 Å². The number of hydrogen-bond acceptors (Lipinski definition) is 4. The number of ether oxygens (including phenoxy) is 1. The molecule has 6 nitrogen and oxygen atoms in total. The Hall–Kier alpha value is -2.42. The largest absolute Gasteiger partial charge is 0.493 e. The number of hydrogen-bond donors (Lipinski definition) is 1. The van der Waals surface area contributed by atoms with Gasteiger partial charge in [-0.05, 0) is 74.4 Å². The predicted octanol–water partition coefficient (Wildman–Crippen LogP) is 5.94. The van der Waals surface area contributed by atoms with Crippen molar-refractivity contribution in [1.82, 2.24) is 9.80 Å². The Morgan fingerprint density at radius 2 is 1.76 bits per heavy atom. The quantitative estimate of drug-likeness (QED) is 0.428. The SMILES string of the molecule is O=C(O)C1CC(F)CN1C(=O)c1cc(C2CC2)c(OCC2CCN(Cc3c(Cl)cccc3Cl)CC2)cc1F. The van der Waals surface area contributed by atoms with E-state index in [1.807, 2.05) is 18.2 Å². The monoisotopic (exact) mass is 566 g/mol. The van der Waals surface area contributed by atoms with E-state index in [0.717, 1.165) is 54.8 Å². The van der Waals surface area contributed by atoms with Crippen LogP contribution >= 0.6 is 23.2 Å². The zero-order valence-electron chi connectivity index (χ0n) is 20.8. The number of nitrogens with zero attached hydrogens (tertiary/aromatic N) is 2. The number of aliphatic carboxylic acids is 1. The van der Waals surface area contributed by atoms with Crippen LogP contribution in [-0.2, 0) is 11.3 Å². The van der Waals surface area contributed by atoms with Gasteiger partial charge in [0.1, 0.15) is 23.8 Å². The van der Waals surface area contributed by atoms with Gasteiger partial charge in [-0.2, -0.15) is 0 Å². The molecule has 1 amide bonds. The molecule has 2 heterocycles. The van der Waals surface area contributed by atoms with E-state index in [2.05, 4.69) is 4.90 Å². The molecule has 2 unspecified atom stereocenters. The first-order chi connectivity index (χ1) is 18.2. The average molecular weight is 567 g/mol. The molecule has 2 atom stereocenters. The van der Waals surface area contributed by atoms with Gasteiger partial charge in [-0.15, -0.1) is 0 Å². The number of piperidine rings is 1. The van der Waals surface area contributed by atoms with Crippen LogP contribution < -0.4 is 4.74 Å². The number of carbonyl (C=O) groups excluding carboxylic acids is 1. The molecule has 1 N–H and O–H groups in total. The molecule has 0 radical (unpaired) electrons. The third-order valence-electron chi connectivity index (χ3n) is 7.77. The number of rotatable bonds is 8. The highest BCUT2D eigenvalue weighted by molar-refractivity contribution is 6.35. The molecule has 2 saturated heterocycles. The summed E-state index contributed by atoms with van der Waals surface area (Å²) in [6.07, 6.45) is 1.91. The fourth-order valence-corrected chi connectivity index (χ4v) is 5.91. The molecule has 0 aromatic heterocycles. The van der Waals surface area contributed by atoms with Crippen molar-refractivity contribution < 1.29 is 28.2 Å². The molecule has 2 aromatic rings. The summed E-state index contributed by atoms with van der Waals surface area (Å²) in [6, 6.07) is 6.92. The number of alkyl halides is 1. The lowest BCUT2D eigenvalue weighted by atomic mass is 9.97. The number of amides is 1. The molecule has 2 aliphatic heterocycles. The second-order valence-corrected chi connectivity index (χ2v) is 11.3. The molecule has 2 aromatic carbocycles. The van der Waals surface area contributed by atoms with E-state index in [9.17, 15) is 19.1 Å². The summed E-state index contributed by atoms with van der Waals surface area (Å²) in [4.78, 5) is 27.8. The van der Waals surface area contributed by atoms with E-state index in [1.165, 1.54) is 12.1 Å². The molecule has 3 aliphatic rings. The van der Waals surface area contributed by atoms with Crippen LogP contribution in [0.25, 0.3) is 0 Å². The van der Waals surface area contributed by atoms with Crippen molar-refractivity contribution in [3.8, 4) is 5.75 Å². The summed E-state index contributed by atoms with van der Waals surface area (Å²) in [6.45, 7) is 2.49. The van der Waals surface area contributed by atoms with Crippen LogP contribution in [0.2, 0.25) is 10.0 Å². The van der Waals surface area contributed by atoms with Crippen molar-refractivity contribution >= 4 is 35.1 Å². The highest BCUT2D eigenvalue weighted by Gasteiger charge is 2.41. The van der Waals surface area contributed by atoms with Gasteiger partial charge in [-0.3, -0.25) is 9.69 Å². The topological polar surface area (TPSA) is 70.1 Å². The maximum Gasteiger partial charge on any atom is 0.326 e. The summed E-state index contributed by atoms with van der Waals surface area (Å²) >= 11 is 12.6. The van der Waals surface area contributed by atoms with Crippen LogP contribution in [0, 0.1) is 11.7 Å². The predicted molar refractivity (Wildman–Crippen MR) is 140 cm³/mol. The summed E-state index contributed by atoms with van der Waals surface area (Å²) in [5, 5.41) is 10.7. The normalized spacial score (nSPS) is 22.6. The van der Waals surface area contributed by atoms with Gasteiger partial charge in [0.15, 0.2) is 0 Å². The summed E-state index contributed by atoms with van der Waals surface area (Å²) < 4.78 is 35.1. The summed E-state index contributed by atoms with van der Waals surface area (Å²) in [5.74, 6) is -1.98. The minimum atomic E-state index is -1.44. The molecule has 0 spiro atoms. The second-order valence-electron chi connectivity index (χ2n) is 10.5. The van der Waals surface area contributed by atoms with Crippen molar-refractivity contribution in [2.45, 2.75) is 56.8 Å². The van der Waals surface area contributed by atoms with Gasteiger partial charge in [0.05, 0.1) is 18.7 Å². The van der Waals surface area contributed by atoms with Crippen molar-refractivity contribution in [2.75, 3.05) is 26.2 Å². The first-order valence-electron chi connectivity index (χ1n) is 13.0. The van der Waals surface area contributed by atoms with Gasteiger partial charge in [-0.1, -0.05) is 29.3 Å². The van der Waals surface area contributed by atoms with Crippen LogP contribution in [-0.4, -0.2) is 65.2 Å². The van der Waals surface area contributed by atoms with Gasteiger partial charge in [-0.25, -0.2) is 13.6 Å². The lowest BCUT2D eigenvalue weighted by Crippen LogP contribution is -2.41.